The fourth-order valence-electron chi connectivity index (χ4n) is 4.22. The standard InChI is InChI=1S/C30H30BrClN4O3/c1-17(2)28(37)33-16-19-5-11-25(32)24(13-19)29(38)35-23-10-12-26-20(14-23)15-27(36(26)18(3)4)30(39)34-22-8-6-21(31)7-9-22/h5-15,17-18H,16H2,1-4H3,(H,33,37)(H,34,39)(H,35,38). The average Bonchev–Trinajstić information content (AvgIpc) is 3.28. The van der Waals surface area contributed by atoms with Crippen LogP contribution in [0.3, 0.4) is 0 Å². The van der Waals surface area contributed by atoms with Gasteiger partial charge in [0.1, 0.15) is 5.69 Å². The fraction of sp³-hybridized carbons (Fsp3) is 0.233. The monoisotopic (exact) mass is 608 g/mol. The van der Waals surface area contributed by atoms with Crippen LogP contribution in [-0.2, 0) is 11.3 Å². The molecule has 1 heterocycles. The molecule has 3 N–H and O–H groups in total. The maximum absolute atomic E-state index is 13.2. The van der Waals surface area contributed by atoms with E-state index in [1.807, 2.05) is 74.7 Å². The van der Waals surface area contributed by atoms with E-state index in [1.54, 1.807) is 24.3 Å². The third-order valence-corrected chi connectivity index (χ3v) is 7.07. The zero-order valence-corrected chi connectivity index (χ0v) is 24.5. The number of benzene rings is 3. The van der Waals surface area contributed by atoms with E-state index in [4.69, 9.17) is 11.6 Å². The van der Waals surface area contributed by atoms with E-state index in [0.717, 1.165) is 20.9 Å². The highest BCUT2D eigenvalue weighted by Gasteiger charge is 2.19. The number of amides is 3. The van der Waals surface area contributed by atoms with Crippen LogP contribution in [0.2, 0.25) is 5.02 Å². The van der Waals surface area contributed by atoms with E-state index in [9.17, 15) is 14.4 Å². The molecule has 0 atom stereocenters. The second kappa shape index (κ2) is 12.1. The SMILES string of the molecule is CC(C)C(=O)NCc1ccc(Cl)c(C(=O)Nc2ccc3c(c2)cc(C(=O)Nc2ccc(Br)cc2)n3C(C)C)c1. The van der Waals surface area contributed by atoms with E-state index in [-0.39, 0.29) is 29.7 Å². The number of rotatable bonds is 8. The summed E-state index contributed by atoms with van der Waals surface area (Å²) in [7, 11) is 0. The highest BCUT2D eigenvalue weighted by Crippen LogP contribution is 2.28. The van der Waals surface area contributed by atoms with Gasteiger partial charge in [-0.05, 0) is 80.1 Å². The Morgan fingerprint density at radius 3 is 2.18 bits per heavy atom. The molecule has 39 heavy (non-hydrogen) atoms. The van der Waals surface area contributed by atoms with E-state index >= 15 is 0 Å². The van der Waals surface area contributed by atoms with Gasteiger partial charge < -0.3 is 20.5 Å². The average molecular weight is 610 g/mol. The van der Waals surface area contributed by atoms with Crippen molar-refractivity contribution in [1.29, 1.82) is 0 Å². The molecule has 0 saturated heterocycles. The second-order valence-corrected chi connectivity index (χ2v) is 11.2. The topological polar surface area (TPSA) is 92.2 Å². The van der Waals surface area contributed by atoms with E-state index in [1.165, 1.54) is 0 Å². The quantitative estimate of drug-likeness (QED) is 0.194. The van der Waals surface area contributed by atoms with E-state index in [0.29, 0.717) is 34.2 Å². The number of halogens is 2. The summed E-state index contributed by atoms with van der Waals surface area (Å²) >= 11 is 9.74. The molecule has 0 saturated carbocycles. The Balaban J connectivity index is 1.57. The van der Waals surface area contributed by atoms with Crippen LogP contribution in [0.4, 0.5) is 11.4 Å². The second-order valence-electron chi connectivity index (χ2n) is 9.87. The first-order valence-electron chi connectivity index (χ1n) is 12.6. The summed E-state index contributed by atoms with van der Waals surface area (Å²) in [5, 5.41) is 9.84. The third-order valence-electron chi connectivity index (χ3n) is 6.21. The van der Waals surface area contributed by atoms with Crippen molar-refractivity contribution in [3.63, 3.8) is 0 Å². The summed E-state index contributed by atoms with van der Waals surface area (Å²) in [6.07, 6.45) is 0. The van der Waals surface area contributed by atoms with E-state index in [2.05, 4.69) is 31.9 Å². The van der Waals surface area contributed by atoms with Crippen LogP contribution < -0.4 is 16.0 Å². The minimum Gasteiger partial charge on any atom is -0.352 e. The van der Waals surface area contributed by atoms with Crippen LogP contribution in [0, 0.1) is 5.92 Å². The molecule has 1 aromatic heterocycles. The number of anilines is 2. The number of nitrogens with zero attached hydrogens (tertiary/aromatic N) is 1. The van der Waals surface area contributed by atoms with Crippen molar-refractivity contribution < 1.29 is 14.4 Å². The van der Waals surface area contributed by atoms with Crippen molar-refractivity contribution in [3.05, 3.63) is 93.0 Å². The molecule has 0 radical (unpaired) electrons. The van der Waals surface area contributed by atoms with Gasteiger partial charge in [0.25, 0.3) is 11.8 Å². The summed E-state index contributed by atoms with van der Waals surface area (Å²) in [6.45, 7) is 7.97. The molecular weight excluding hydrogens is 580 g/mol. The molecule has 0 spiro atoms. The Morgan fingerprint density at radius 2 is 1.51 bits per heavy atom. The van der Waals surface area contributed by atoms with Crippen molar-refractivity contribution in [2.75, 3.05) is 10.6 Å². The van der Waals surface area contributed by atoms with Gasteiger partial charge in [0.15, 0.2) is 0 Å². The van der Waals surface area contributed by atoms with Gasteiger partial charge in [0.05, 0.1) is 10.6 Å². The molecule has 0 aliphatic rings. The van der Waals surface area contributed by atoms with Gasteiger partial charge in [-0.2, -0.15) is 0 Å². The Kier molecular flexibility index (Phi) is 8.77. The lowest BCUT2D eigenvalue weighted by Gasteiger charge is -2.15. The minimum atomic E-state index is -0.368. The summed E-state index contributed by atoms with van der Waals surface area (Å²) in [5.41, 5.74) is 3.74. The molecule has 0 unspecified atom stereocenters. The number of fused-ring (bicyclic) bond motifs is 1. The van der Waals surface area contributed by atoms with Crippen LogP contribution in [0.15, 0.2) is 71.2 Å². The first-order chi connectivity index (χ1) is 18.5. The molecule has 202 valence electrons. The Labute approximate surface area is 241 Å². The molecule has 3 amide bonds. The summed E-state index contributed by atoms with van der Waals surface area (Å²) < 4.78 is 2.90. The largest absolute Gasteiger partial charge is 0.352 e. The van der Waals surface area contributed by atoms with Gasteiger partial charge in [0, 0.05) is 45.3 Å². The number of aromatic nitrogens is 1. The number of carbonyl (C=O) groups excluding carboxylic acids is 3. The summed E-state index contributed by atoms with van der Waals surface area (Å²) in [4.78, 5) is 38.2. The van der Waals surface area contributed by atoms with Gasteiger partial charge in [0.2, 0.25) is 5.91 Å². The molecule has 0 aliphatic carbocycles. The van der Waals surface area contributed by atoms with Gasteiger partial charge in [-0.25, -0.2) is 0 Å². The number of hydrogen-bond acceptors (Lipinski definition) is 3. The Bertz CT molecular complexity index is 1540. The molecule has 7 nitrogen and oxygen atoms in total. The van der Waals surface area contributed by atoms with Gasteiger partial charge in [-0.3, -0.25) is 14.4 Å². The van der Waals surface area contributed by atoms with E-state index < -0.39 is 0 Å². The maximum Gasteiger partial charge on any atom is 0.272 e. The normalized spacial score (nSPS) is 11.2. The molecule has 0 aliphatic heterocycles. The molecule has 9 heteroatoms. The molecule has 4 aromatic rings. The molecule has 4 rings (SSSR count). The zero-order valence-electron chi connectivity index (χ0n) is 22.1. The number of carbonyl (C=O) groups is 3. The Hall–Kier alpha value is -3.62. The van der Waals surface area contributed by atoms with Crippen molar-refractivity contribution >= 4 is 67.5 Å². The van der Waals surface area contributed by atoms with Crippen LogP contribution in [0.25, 0.3) is 10.9 Å². The summed E-state index contributed by atoms with van der Waals surface area (Å²) in [6, 6.07) is 19.9. The van der Waals surface area contributed by atoms with Gasteiger partial charge in [-0.15, -0.1) is 0 Å². The highest BCUT2D eigenvalue weighted by molar-refractivity contribution is 9.10. The van der Waals surface area contributed by atoms with Gasteiger partial charge >= 0.3 is 0 Å². The van der Waals surface area contributed by atoms with Crippen LogP contribution in [0.5, 0.6) is 0 Å². The van der Waals surface area contributed by atoms with Crippen LogP contribution in [0.1, 0.15) is 60.1 Å². The first kappa shape index (κ1) is 28.4. The van der Waals surface area contributed by atoms with Gasteiger partial charge in [-0.1, -0.05) is 47.4 Å². The van der Waals surface area contributed by atoms with Crippen LogP contribution in [-0.4, -0.2) is 22.3 Å². The van der Waals surface area contributed by atoms with Crippen molar-refractivity contribution in [1.82, 2.24) is 9.88 Å². The first-order valence-corrected chi connectivity index (χ1v) is 13.8. The lowest BCUT2D eigenvalue weighted by molar-refractivity contribution is -0.124. The smallest absolute Gasteiger partial charge is 0.272 e. The third kappa shape index (κ3) is 6.69. The minimum absolute atomic E-state index is 0.0337. The Morgan fingerprint density at radius 1 is 0.846 bits per heavy atom. The van der Waals surface area contributed by atoms with Crippen molar-refractivity contribution in [2.45, 2.75) is 40.3 Å². The van der Waals surface area contributed by atoms with Crippen LogP contribution >= 0.6 is 27.5 Å². The molecule has 3 aromatic carbocycles. The molecule has 0 bridgehead atoms. The summed E-state index contributed by atoms with van der Waals surface area (Å²) in [5.74, 6) is -0.788. The zero-order chi connectivity index (χ0) is 28.3. The molecular formula is C30H30BrClN4O3. The maximum atomic E-state index is 13.2. The predicted molar refractivity (Wildman–Crippen MR) is 161 cm³/mol. The van der Waals surface area contributed by atoms with Crippen molar-refractivity contribution in [3.8, 4) is 0 Å². The number of hydrogen-bond donors (Lipinski definition) is 3. The lowest BCUT2D eigenvalue weighted by atomic mass is 10.1. The molecule has 0 fully saturated rings. The highest BCUT2D eigenvalue weighted by atomic mass is 79.9. The lowest BCUT2D eigenvalue weighted by Crippen LogP contribution is -2.27. The number of nitrogens with one attached hydrogen (secondary N) is 3. The predicted octanol–water partition coefficient (Wildman–Crippen LogP) is 7.41. The fourth-order valence-corrected chi connectivity index (χ4v) is 4.69. The van der Waals surface area contributed by atoms with Crippen molar-refractivity contribution in [2.24, 2.45) is 5.92 Å².